The molecule has 0 spiro atoms. The SMILES string of the molecule is CN(C)C(CNC(=O)C1(O)CCCC1)Cc1ccccc1. The summed E-state index contributed by atoms with van der Waals surface area (Å²) in [4.78, 5) is 14.3. The van der Waals surface area contributed by atoms with Crippen LogP contribution in [0.3, 0.4) is 0 Å². The van der Waals surface area contributed by atoms with E-state index < -0.39 is 5.60 Å². The Kier molecular flexibility index (Phi) is 5.37. The van der Waals surface area contributed by atoms with Gasteiger partial charge in [-0.05, 0) is 51.8 Å². The van der Waals surface area contributed by atoms with Gasteiger partial charge in [-0.25, -0.2) is 0 Å². The fourth-order valence-electron chi connectivity index (χ4n) is 2.89. The number of hydrogen-bond acceptors (Lipinski definition) is 3. The van der Waals surface area contributed by atoms with E-state index in [1.54, 1.807) is 0 Å². The lowest BCUT2D eigenvalue weighted by atomic mass is 10.0. The molecule has 1 aromatic carbocycles. The average molecular weight is 290 g/mol. The van der Waals surface area contributed by atoms with Gasteiger partial charge in [0.2, 0.25) is 0 Å². The summed E-state index contributed by atoms with van der Waals surface area (Å²) in [5.41, 5.74) is 0.119. The standard InChI is InChI=1S/C17H26N2O2/c1-19(2)15(12-14-8-4-3-5-9-14)13-18-16(20)17(21)10-6-7-11-17/h3-5,8-9,15,21H,6-7,10-13H2,1-2H3,(H,18,20). The van der Waals surface area contributed by atoms with Crippen molar-refractivity contribution in [3.8, 4) is 0 Å². The Labute approximate surface area is 127 Å². The lowest BCUT2D eigenvalue weighted by molar-refractivity contribution is -0.139. The second-order valence-corrected chi connectivity index (χ2v) is 6.26. The molecule has 1 fully saturated rings. The highest BCUT2D eigenvalue weighted by atomic mass is 16.3. The zero-order chi connectivity index (χ0) is 15.3. The Morgan fingerprint density at radius 3 is 2.48 bits per heavy atom. The number of nitrogens with one attached hydrogen (secondary N) is 1. The van der Waals surface area contributed by atoms with Crippen molar-refractivity contribution in [3.63, 3.8) is 0 Å². The zero-order valence-corrected chi connectivity index (χ0v) is 13.0. The molecule has 1 atom stereocenters. The predicted molar refractivity (Wildman–Crippen MR) is 84.0 cm³/mol. The highest BCUT2D eigenvalue weighted by Crippen LogP contribution is 2.29. The minimum Gasteiger partial charge on any atom is -0.380 e. The van der Waals surface area contributed by atoms with Crippen LogP contribution in [-0.4, -0.2) is 48.2 Å². The number of carbonyl (C=O) groups is 1. The van der Waals surface area contributed by atoms with Gasteiger partial charge >= 0.3 is 0 Å². The summed E-state index contributed by atoms with van der Waals surface area (Å²) >= 11 is 0. The Morgan fingerprint density at radius 2 is 1.90 bits per heavy atom. The van der Waals surface area contributed by atoms with Gasteiger partial charge < -0.3 is 15.3 Å². The molecule has 0 aliphatic heterocycles. The molecule has 1 aliphatic rings. The number of nitrogens with zero attached hydrogens (tertiary/aromatic N) is 1. The third-order valence-electron chi connectivity index (χ3n) is 4.40. The molecular formula is C17H26N2O2. The molecule has 1 saturated carbocycles. The summed E-state index contributed by atoms with van der Waals surface area (Å²) in [6, 6.07) is 10.5. The Hall–Kier alpha value is -1.39. The van der Waals surface area contributed by atoms with Gasteiger partial charge in [-0.2, -0.15) is 0 Å². The highest BCUT2D eigenvalue weighted by molar-refractivity contribution is 5.85. The lowest BCUT2D eigenvalue weighted by Crippen LogP contribution is -2.49. The number of hydrogen-bond donors (Lipinski definition) is 2. The maximum absolute atomic E-state index is 12.2. The first-order valence-corrected chi connectivity index (χ1v) is 7.72. The van der Waals surface area contributed by atoms with Crippen LogP contribution in [0, 0.1) is 0 Å². The molecule has 0 saturated heterocycles. The number of likely N-dealkylation sites (N-methyl/N-ethyl adjacent to an activating group) is 1. The number of rotatable bonds is 6. The highest BCUT2D eigenvalue weighted by Gasteiger charge is 2.38. The van der Waals surface area contributed by atoms with E-state index in [0.717, 1.165) is 19.3 Å². The molecule has 1 unspecified atom stereocenters. The maximum atomic E-state index is 12.2. The van der Waals surface area contributed by atoms with Crippen molar-refractivity contribution in [1.82, 2.24) is 10.2 Å². The van der Waals surface area contributed by atoms with Crippen molar-refractivity contribution in [2.75, 3.05) is 20.6 Å². The van der Waals surface area contributed by atoms with Crippen molar-refractivity contribution in [2.24, 2.45) is 0 Å². The molecule has 21 heavy (non-hydrogen) atoms. The van der Waals surface area contributed by atoms with E-state index in [1.165, 1.54) is 5.56 Å². The van der Waals surface area contributed by atoms with Gasteiger partial charge in [0, 0.05) is 12.6 Å². The van der Waals surface area contributed by atoms with Crippen LogP contribution in [0.25, 0.3) is 0 Å². The molecule has 0 heterocycles. The Morgan fingerprint density at radius 1 is 1.29 bits per heavy atom. The summed E-state index contributed by atoms with van der Waals surface area (Å²) < 4.78 is 0. The number of carbonyl (C=O) groups excluding carboxylic acids is 1. The van der Waals surface area contributed by atoms with E-state index in [2.05, 4.69) is 22.3 Å². The summed E-state index contributed by atoms with van der Waals surface area (Å²) in [6.07, 6.45) is 3.93. The van der Waals surface area contributed by atoms with Gasteiger partial charge in [-0.3, -0.25) is 4.79 Å². The third kappa shape index (κ3) is 4.29. The quantitative estimate of drug-likeness (QED) is 0.836. The third-order valence-corrected chi connectivity index (χ3v) is 4.40. The summed E-state index contributed by atoms with van der Waals surface area (Å²) in [7, 11) is 4.04. The topological polar surface area (TPSA) is 52.6 Å². The molecule has 2 rings (SSSR count). The van der Waals surface area contributed by atoms with Crippen LogP contribution in [0.2, 0.25) is 0 Å². The normalized spacial score (nSPS) is 18.7. The lowest BCUT2D eigenvalue weighted by Gasteiger charge is -2.27. The molecule has 0 aromatic heterocycles. The van der Waals surface area contributed by atoms with Gasteiger partial charge in [0.15, 0.2) is 0 Å². The summed E-state index contributed by atoms with van der Waals surface area (Å²) in [5, 5.41) is 13.2. The van der Waals surface area contributed by atoms with E-state index in [0.29, 0.717) is 19.4 Å². The molecule has 0 bridgehead atoms. The monoisotopic (exact) mass is 290 g/mol. The van der Waals surface area contributed by atoms with Gasteiger partial charge in [0.25, 0.3) is 5.91 Å². The maximum Gasteiger partial charge on any atom is 0.252 e. The van der Waals surface area contributed by atoms with E-state index in [-0.39, 0.29) is 11.9 Å². The molecule has 1 aliphatic carbocycles. The average Bonchev–Trinajstić information content (AvgIpc) is 2.92. The molecule has 2 N–H and O–H groups in total. The second kappa shape index (κ2) is 7.05. The van der Waals surface area contributed by atoms with Crippen LogP contribution in [0.4, 0.5) is 0 Å². The largest absolute Gasteiger partial charge is 0.380 e. The zero-order valence-electron chi connectivity index (χ0n) is 13.0. The fraction of sp³-hybridized carbons (Fsp3) is 0.588. The fourth-order valence-corrected chi connectivity index (χ4v) is 2.89. The molecular weight excluding hydrogens is 264 g/mol. The molecule has 0 radical (unpaired) electrons. The number of amides is 1. The van der Waals surface area contributed by atoms with E-state index in [9.17, 15) is 9.90 Å². The van der Waals surface area contributed by atoms with E-state index >= 15 is 0 Å². The van der Waals surface area contributed by atoms with Crippen LogP contribution >= 0.6 is 0 Å². The van der Waals surface area contributed by atoms with Gasteiger partial charge in [0.1, 0.15) is 5.60 Å². The summed E-state index contributed by atoms with van der Waals surface area (Å²) in [5.74, 6) is -0.208. The molecule has 1 aromatic rings. The first-order chi connectivity index (χ1) is 10.0. The van der Waals surface area contributed by atoms with Crippen molar-refractivity contribution in [2.45, 2.75) is 43.7 Å². The molecule has 4 nitrogen and oxygen atoms in total. The van der Waals surface area contributed by atoms with E-state index in [1.807, 2.05) is 32.3 Å². The Bertz CT molecular complexity index is 453. The molecule has 1 amide bonds. The van der Waals surface area contributed by atoms with Gasteiger partial charge in [-0.15, -0.1) is 0 Å². The summed E-state index contributed by atoms with van der Waals surface area (Å²) in [6.45, 7) is 0.559. The van der Waals surface area contributed by atoms with Crippen molar-refractivity contribution in [3.05, 3.63) is 35.9 Å². The van der Waals surface area contributed by atoms with Crippen LogP contribution in [0.5, 0.6) is 0 Å². The van der Waals surface area contributed by atoms with Crippen LogP contribution in [0.15, 0.2) is 30.3 Å². The van der Waals surface area contributed by atoms with Gasteiger partial charge in [0.05, 0.1) is 0 Å². The smallest absolute Gasteiger partial charge is 0.252 e. The van der Waals surface area contributed by atoms with Crippen LogP contribution < -0.4 is 5.32 Å². The molecule has 116 valence electrons. The minimum atomic E-state index is -1.14. The van der Waals surface area contributed by atoms with Crippen molar-refractivity contribution >= 4 is 5.91 Å². The minimum absolute atomic E-state index is 0.208. The predicted octanol–water partition coefficient (Wildman–Crippen LogP) is 1.58. The van der Waals surface area contributed by atoms with Crippen LogP contribution in [-0.2, 0) is 11.2 Å². The van der Waals surface area contributed by atoms with E-state index in [4.69, 9.17) is 0 Å². The second-order valence-electron chi connectivity index (χ2n) is 6.26. The van der Waals surface area contributed by atoms with Crippen molar-refractivity contribution < 1.29 is 9.90 Å². The van der Waals surface area contributed by atoms with Crippen LogP contribution in [0.1, 0.15) is 31.2 Å². The molecule has 4 heteroatoms. The van der Waals surface area contributed by atoms with Gasteiger partial charge in [-0.1, -0.05) is 30.3 Å². The number of benzene rings is 1. The number of aliphatic hydroxyl groups is 1. The first-order valence-electron chi connectivity index (χ1n) is 7.72. The first kappa shape index (κ1) is 16.0. The van der Waals surface area contributed by atoms with Crippen molar-refractivity contribution in [1.29, 1.82) is 0 Å². The Balaban J connectivity index is 1.90.